The minimum atomic E-state index is -0.268. The number of aromatic nitrogens is 3. The van der Waals surface area contributed by atoms with Crippen LogP contribution in [0.3, 0.4) is 0 Å². The number of pyridine rings is 1. The fourth-order valence-electron chi connectivity index (χ4n) is 2.39. The van der Waals surface area contributed by atoms with Gasteiger partial charge in [-0.05, 0) is 31.9 Å². The fourth-order valence-corrected chi connectivity index (χ4v) is 3.17. The molecule has 6 heteroatoms. The molecule has 24 heavy (non-hydrogen) atoms. The number of nitrogens with zero attached hydrogens (tertiary/aromatic N) is 3. The molecule has 3 aromatic heterocycles. The normalized spacial score (nSPS) is 10.3. The van der Waals surface area contributed by atoms with E-state index in [1.165, 1.54) is 6.08 Å². The Labute approximate surface area is 144 Å². The molecule has 0 aliphatic rings. The smallest absolute Gasteiger partial charge is 0.247 e. The van der Waals surface area contributed by atoms with Gasteiger partial charge in [-0.15, -0.1) is 11.3 Å². The number of nitrogens with one attached hydrogen (secondary N) is 1. The second-order valence-corrected chi connectivity index (χ2v) is 6.54. The summed E-state index contributed by atoms with van der Waals surface area (Å²) in [5.41, 5.74) is 3.24. The van der Waals surface area contributed by atoms with Crippen molar-refractivity contribution in [2.75, 3.05) is 5.32 Å². The minimum Gasteiger partial charge on any atom is -0.334 e. The van der Waals surface area contributed by atoms with Crippen molar-refractivity contribution in [2.45, 2.75) is 13.8 Å². The number of carbonyl (C=O) groups excluding carboxylic acids is 1. The van der Waals surface area contributed by atoms with E-state index in [0.717, 1.165) is 32.2 Å². The summed E-state index contributed by atoms with van der Waals surface area (Å²) in [5, 5.41) is 4.62. The third kappa shape index (κ3) is 3.07. The number of thiazole rings is 1. The molecule has 0 saturated heterocycles. The molecule has 3 aromatic rings. The molecule has 0 unspecified atom stereocenters. The molecule has 3 heterocycles. The number of anilines is 1. The van der Waals surface area contributed by atoms with Crippen molar-refractivity contribution in [2.24, 2.45) is 7.05 Å². The first-order valence-electron chi connectivity index (χ1n) is 7.32. The third-order valence-corrected chi connectivity index (χ3v) is 4.47. The van der Waals surface area contributed by atoms with Gasteiger partial charge in [0.2, 0.25) is 5.91 Å². The van der Waals surface area contributed by atoms with Gasteiger partial charge < -0.3 is 9.88 Å². The molecule has 0 saturated carbocycles. The molecule has 0 aliphatic carbocycles. The molecule has 1 amide bonds. The van der Waals surface area contributed by atoms with E-state index in [1.807, 2.05) is 37.7 Å². The van der Waals surface area contributed by atoms with Crippen LogP contribution in [0.15, 0.2) is 31.1 Å². The summed E-state index contributed by atoms with van der Waals surface area (Å²) in [6.45, 7) is 7.38. The molecular formula is C18H16N4OS. The van der Waals surface area contributed by atoms with Gasteiger partial charge in [0.25, 0.3) is 0 Å². The maximum atomic E-state index is 11.5. The van der Waals surface area contributed by atoms with Crippen LogP contribution >= 0.6 is 11.3 Å². The molecule has 0 radical (unpaired) electrons. The van der Waals surface area contributed by atoms with Crippen LogP contribution in [0, 0.1) is 25.7 Å². The van der Waals surface area contributed by atoms with E-state index < -0.39 is 0 Å². The van der Waals surface area contributed by atoms with E-state index >= 15 is 0 Å². The SMILES string of the molecule is C=CC(=O)Nc1cnc2c(c1)c(C#Cc1sc(C)nc1C)cn2C. The van der Waals surface area contributed by atoms with Gasteiger partial charge in [-0.2, -0.15) is 0 Å². The van der Waals surface area contributed by atoms with E-state index in [-0.39, 0.29) is 5.91 Å². The van der Waals surface area contributed by atoms with Gasteiger partial charge in [-0.3, -0.25) is 4.79 Å². The number of amides is 1. The lowest BCUT2D eigenvalue weighted by molar-refractivity contribution is -0.111. The lowest BCUT2D eigenvalue weighted by Gasteiger charge is -2.02. The summed E-state index contributed by atoms with van der Waals surface area (Å²) in [7, 11) is 1.92. The van der Waals surface area contributed by atoms with Gasteiger partial charge in [-0.25, -0.2) is 9.97 Å². The van der Waals surface area contributed by atoms with Gasteiger partial charge in [0, 0.05) is 18.6 Å². The zero-order valence-corrected chi connectivity index (χ0v) is 14.5. The molecule has 0 spiro atoms. The van der Waals surface area contributed by atoms with Crippen LogP contribution < -0.4 is 5.32 Å². The Balaban J connectivity index is 2.05. The average Bonchev–Trinajstić information content (AvgIpc) is 3.04. The predicted molar refractivity (Wildman–Crippen MR) is 97.1 cm³/mol. The van der Waals surface area contributed by atoms with Crippen molar-refractivity contribution in [3.05, 3.63) is 52.3 Å². The molecular weight excluding hydrogens is 320 g/mol. The van der Waals surface area contributed by atoms with Crippen molar-refractivity contribution in [3.8, 4) is 11.8 Å². The van der Waals surface area contributed by atoms with E-state index in [9.17, 15) is 4.79 Å². The highest BCUT2D eigenvalue weighted by atomic mass is 32.1. The quantitative estimate of drug-likeness (QED) is 0.577. The molecule has 0 bridgehead atoms. The van der Waals surface area contributed by atoms with Crippen LogP contribution in [0.1, 0.15) is 21.1 Å². The first-order valence-corrected chi connectivity index (χ1v) is 8.14. The third-order valence-electron chi connectivity index (χ3n) is 3.48. The number of hydrogen-bond donors (Lipinski definition) is 1. The second kappa shape index (κ2) is 6.30. The Morgan fingerprint density at radius 3 is 2.88 bits per heavy atom. The Morgan fingerprint density at radius 1 is 1.42 bits per heavy atom. The second-order valence-electron chi connectivity index (χ2n) is 5.34. The summed E-state index contributed by atoms with van der Waals surface area (Å²) in [4.78, 5) is 21.2. The summed E-state index contributed by atoms with van der Waals surface area (Å²) in [6.07, 6.45) is 4.79. The first-order chi connectivity index (χ1) is 11.5. The zero-order valence-electron chi connectivity index (χ0n) is 13.7. The van der Waals surface area contributed by atoms with Crippen molar-refractivity contribution < 1.29 is 4.79 Å². The van der Waals surface area contributed by atoms with Crippen molar-refractivity contribution >= 4 is 34.0 Å². The summed E-state index contributed by atoms with van der Waals surface area (Å²) in [5.74, 6) is 6.12. The van der Waals surface area contributed by atoms with Crippen LogP contribution in [0.2, 0.25) is 0 Å². The maximum absolute atomic E-state index is 11.5. The average molecular weight is 336 g/mol. The van der Waals surface area contributed by atoms with Crippen molar-refractivity contribution in [3.63, 3.8) is 0 Å². The number of carbonyl (C=O) groups is 1. The van der Waals surface area contributed by atoms with Crippen LogP contribution in [0.4, 0.5) is 5.69 Å². The monoisotopic (exact) mass is 336 g/mol. The molecule has 120 valence electrons. The van der Waals surface area contributed by atoms with E-state index in [4.69, 9.17) is 0 Å². The van der Waals surface area contributed by atoms with Gasteiger partial charge in [0.1, 0.15) is 10.5 Å². The summed E-state index contributed by atoms with van der Waals surface area (Å²) in [6, 6.07) is 1.87. The largest absolute Gasteiger partial charge is 0.334 e. The minimum absolute atomic E-state index is 0.268. The zero-order chi connectivity index (χ0) is 17.3. The van der Waals surface area contributed by atoms with Crippen LogP contribution in [0.25, 0.3) is 11.0 Å². The van der Waals surface area contributed by atoms with Gasteiger partial charge in [-0.1, -0.05) is 12.5 Å². The van der Waals surface area contributed by atoms with Gasteiger partial charge in [0.05, 0.1) is 28.1 Å². The molecule has 0 aliphatic heterocycles. The van der Waals surface area contributed by atoms with Crippen molar-refractivity contribution in [1.29, 1.82) is 0 Å². The highest BCUT2D eigenvalue weighted by Crippen LogP contribution is 2.22. The number of hydrogen-bond acceptors (Lipinski definition) is 4. The highest BCUT2D eigenvalue weighted by Gasteiger charge is 2.09. The number of fused-ring (bicyclic) bond motifs is 1. The standard InChI is InChI=1S/C18H16N4OS/c1-5-17(23)21-14-8-15-13(10-22(4)18(15)19-9-14)6-7-16-11(2)20-12(3)24-16/h5,8-10H,1H2,2-4H3,(H,21,23). The topological polar surface area (TPSA) is 59.8 Å². The Hall–Kier alpha value is -2.91. The highest BCUT2D eigenvalue weighted by molar-refractivity contribution is 7.12. The Kier molecular flexibility index (Phi) is 4.19. The van der Waals surface area contributed by atoms with Gasteiger partial charge in [0.15, 0.2) is 0 Å². The molecule has 0 aromatic carbocycles. The number of aryl methyl sites for hydroxylation is 3. The van der Waals surface area contributed by atoms with Crippen molar-refractivity contribution in [1.82, 2.24) is 14.5 Å². The van der Waals surface area contributed by atoms with Crippen LogP contribution in [0.5, 0.6) is 0 Å². The van der Waals surface area contributed by atoms with E-state index in [1.54, 1.807) is 17.5 Å². The molecule has 0 fully saturated rings. The first kappa shape index (κ1) is 16.0. The summed E-state index contributed by atoms with van der Waals surface area (Å²) >= 11 is 1.59. The van der Waals surface area contributed by atoms with Gasteiger partial charge >= 0.3 is 0 Å². The maximum Gasteiger partial charge on any atom is 0.247 e. The Bertz CT molecular complexity index is 1020. The lowest BCUT2D eigenvalue weighted by atomic mass is 10.2. The lowest BCUT2D eigenvalue weighted by Crippen LogP contribution is -2.07. The molecule has 3 rings (SSSR count). The molecule has 1 N–H and O–H groups in total. The number of rotatable bonds is 2. The summed E-state index contributed by atoms with van der Waals surface area (Å²) < 4.78 is 1.92. The predicted octanol–water partition coefficient (Wildman–Crippen LogP) is 3.17. The Morgan fingerprint density at radius 2 is 2.21 bits per heavy atom. The molecule has 0 atom stereocenters. The van der Waals surface area contributed by atoms with Crippen LogP contribution in [-0.4, -0.2) is 20.4 Å². The van der Waals surface area contributed by atoms with E-state index in [2.05, 4.69) is 33.7 Å². The van der Waals surface area contributed by atoms with E-state index in [0.29, 0.717) is 5.69 Å². The van der Waals surface area contributed by atoms with Crippen LogP contribution in [-0.2, 0) is 11.8 Å². The fraction of sp³-hybridized carbons (Fsp3) is 0.167. The molecule has 5 nitrogen and oxygen atoms in total.